The van der Waals surface area contributed by atoms with Crippen LogP contribution in [0.3, 0.4) is 0 Å². The minimum atomic E-state index is -0.700. The quantitative estimate of drug-likeness (QED) is 0.263. The minimum Gasteiger partial charge on any atom is -0.486 e. The number of carbonyl (C=O) groups is 1. The van der Waals surface area contributed by atoms with E-state index >= 15 is 0 Å². The Kier molecular flexibility index (Phi) is 9.93. The number of hydrogen-bond acceptors (Lipinski definition) is 10. The molecule has 11 nitrogen and oxygen atoms in total. The van der Waals surface area contributed by atoms with Crippen molar-refractivity contribution in [2.45, 2.75) is 57.9 Å². The molecule has 1 saturated carbocycles. The van der Waals surface area contributed by atoms with Crippen LogP contribution >= 0.6 is 0 Å². The van der Waals surface area contributed by atoms with E-state index in [-0.39, 0.29) is 12.5 Å². The zero-order valence-electron chi connectivity index (χ0n) is 24.8. The molecule has 1 atom stereocenters. The van der Waals surface area contributed by atoms with Crippen molar-refractivity contribution in [2.24, 2.45) is 0 Å². The third-order valence-electron chi connectivity index (χ3n) is 7.76. The van der Waals surface area contributed by atoms with Crippen LogP contribution in [0.25, 0.3) is 0 Å². The molecule has 42 heavy (non-hydrogen) atoms. The summed E-state index contributed by atoms with van der Waals surface area (Å²) in [4.78, 5) is 26.0. The average molecular weight is 579 g/mol. The molecule has 0 radical (unpaired) electrons. The van der Waals surface area contributed by atoms with Crippen LogP contribution in [0.1, 0.15) is 52.2 Å². The first-order valence-electron chi connectivity index (χ1n) is 14.7. The maximum absolute atomic E-state index is 13.1. The standard InChI is InChI=1S/C31H42N6O5/c1-21-28(42-20-33-21)19-41-27-8-7-23-17-37(10-9-22(23)13-27)18-26(38)16-32-31(39)24-14-29(34-25-5-4-6-25)35-30(15-24)40-12-11-36(2)3/h7-8,13-15,20,25-26,38H,4-6,9-12,16-19H2,1-3H3,(H,32,39)(H,34,35)/t26-/m0/s1. The second-order valence-electron chi connectivity index (χ2n) is 11.4. The van der Waals surface area contributed by atoms with Gasteiger partial charge in [-0.25, -0.2) is 4.98 Å². The highest BCUT2D eigenvalue weighted by Gasteiger charge is 2.22. The van der Waals surface area contributed by atoms with E-state index in [0.717, 1.165) is 56.1 Å². The predicted octanol–water partition coefficient (Wildman–Crippen LogP) is 3.01. The van der Waals surface area contributed by atoms with Crippen molar-refractivity contribution >= 4 is 11.7 Å². The van der Waals surface area contributed by atoms with Crippen molar-refractivity contribution < 1.29 is 23.8 Å². The number of aliphatic hydroxyl groups excluding tert-OH is 1. The highest BCUT2D eigenvalue weighted by Crippen LogP contribution is 2.26. The number of likely N-dealkylation sites (N-methyl/N-ethyl adjacent to an activating group) is 1. The van der Waals surface area contributed by atoms with E-state index in [1.165, 1.54) is 23.9 Å². The van der Waals surface area contributed by atoms with Gasteiger partial charge in [0.15, 0.2) is 12.2 Å². The first kappa shape index (κ1) is 29.8. The number of oxazole rings is 1. The smallest absolute Gasteiger partial charge is 0.251 e. The molecular weight excluding hydrogens is 536 g/mol. The van der Waals surface area contributed by atoms with Crippen molar-refractivity contribution in [2.75, 3.05) is 52.2 Å². The molecule has 2 aliphatic rings. The molecule has 0 saturated heterocycles. The Bertz CT molecular complexity index is 1340. The monoisotopic (exact) mass is 578 g/mol. The van der Waals surface area contributed by atoms with Gasteiger partial charge < -0.3 is 34.5 Å². The second-order valence-corrected chi connectivity index (χ2v) is 11.4. The summed E-state index contributed by atoms with van der Waals surface area (Å²) in [5.74, 6) is 2.32. The van der Waals surface area contributed by atoms with Crippen molar-refractivity contribution in [1.29, 1.82) is 0 Å². The Morgan fingerprint density at radius 1 is 1.21 bits per heavy atom. The summed E-state index contributed by atoms with van der Waals surface area (Å²) in [7, 11) is 3.96. The van der Waals surface area contributed by atoms with E-state index in [2.05, 4.69) is 37.6 Å². The van der Waals surface area contributed by atoms with Crippen molar-refractivity contribution in [3.8, 4) is 11.6 Å². The SMILES string of the molecule is Cc1ncoc1COc1ccc2c(c1)CCN(C[C@@H](O)CNC(=O)c1cc(NC3CCC3)nc(OCCN(C)C)c1)C2. The summed E-state index contributed by atoms with van der Waals surface area (Å²) in [6, 6.07) is 9.92. The van der Waals surface area contributed by atoms with Crippen molar-refractivity contribution in [1.82, 2.24) is 25.1 Å². The Labute approximate surface area is 247 Å². The van der Waals surface area contributed by atoms with Crippen molar-refractivity contribution in [3.63, 3.8) is 0 Å². The minimum absolute atomic E-state index is 0.153. The summed E-state index contributed by atoms with van der Waals surface area (Å²) in [6.45, 7) is 5.63. The number of amides is 1. The van der Waals surface area contributed by atoms with Gasteiger partial charge in [0, 0.05) is 50.4 Å². The van der Waals surface area contributed by atoms with E-state index in [9.17, 15) is 9.90 Å². The molecule has 1 fully saturated rings. The van der Waals surface area contributed by atoms with Crippen molar-refractivity contribution in [3.05, 3.63) is 64.9 Å². The first-order chi connectivity index (χ1) is 20.3. The summed E-state index contributed by atoms with van der Waals surface area (Å²) in [5.41, 5.74) is 3.75. The van der Waals surface area contributed by atoms with Gasteiger partial charge in [-0.1, -0.05) is 6.07 Å². The third kappa shape index (κ3) is 8.21. The lowest BCUT2D eigenvalue weighted by atomic mass is 9.93. The number of nitrogens with zero attached hydrogens (tertiary/aromatic N) is 4. The summed E-state index contributed by atoms with van der Waals surface area (Å²) in [5, 5.41) is 17.1. The van der Waals surface area contributed by atoms with Gasteiger partial charge in [0.05, 0.1) is 11.8 Å². The largest absolute Gasteiger partial charge is 0.486 e. The number of ether oxygens (including phenoxy) is 2. The van der Waals surface area contributed by atoms with Crippen LogP contribution in [0.4, 0.5) is 5.82 Å². The van der Waals surface area contributed by atoms with E-state index in [1.54, 1.807) is 12.1 Å². The van der Waals surface area contributed by atoms with Gasteiger partial charge in [-0.15, -0.1) is 0 Å². The maximum Gasteiger partial charge on any atom is 0.251 e. The Hall–Kier alpha value is -3.67. The molecule has 11 heteroatoms. The number of pyridine rings is 1. The number of nitrogens with one attached hydrogen (secondary N) is 2. The van der Waals surface area contributed by atoms with Crippen LogP contribution in [-0.2, 0) is 19.6 Å². The number of hydrogen-bond donors (Lipinski definition) is 3. The summed E-state index contributed by atoms with van der Waals surface area (Å²) in [6.07, 6.45) is 4.98. The van der Waals surface area contributed by atoms with Crippen LogP contribution < -0.4 is 20.1 Å². The van der Waals surface area contributed by atoms with Gasteiger partial charge in [-0.2, -0.15) is 4.98 Å². The number of aromatic nitrogens is 2. The fraction of sp³-hybridized carbons (Fsp3) is 0.516. The van der Waals surface area contributed by atoms with E-state index in [1.807, 2.05) is 32.0 Å². The normalized spacial score (nSPS) is 16.0. The lowest BCUT2D eigenvalue weighted by Crippen LogP contribution is -2.42. The molecule has 0 unspecified atom stereocenters. The number of rotatable bonds is 14. The molecular formula is C31H42N6O5. The van der Waals surface area contributed by atoms with Gasteiger partial charge in [0.2, 0.25) is 5.88 Å². The number of anilines is 1. The number of β-amino-alcohol motifs (C(OH)–C–C–N with tert-alkyl or cyclic N) is 1. The van der Waals surface area contributed by atoms with Gasteiger partial charge in [0.25, 0.3) is 5.91 Å². The molecule has 3 aromatic rings. The molecule has 1 amide bonds. The number of aliphatic hydroxyl groups is 1. The maximum atomic E-state index is 13.1. The lowest BCUT2D eigenvalue weighted by molar-refractivity contribution is 0.0841. The van der Waals surface area contributed by atoms with E-state index in [4.69, 9.17) is 13.9 Å². The molecule has 1 aromatic carbocycles. The highest BCUT2D eigenvalue weighted by molar-refractivity contribution is 5.95. The van der Waals surface area contributed by atoms with E-state index in [0.29, 0.717) is 43.1 Å². The van der Waals surface area contributed by atoms with Gasteiger partial charge in [-0.05, 0) is 76.0 Å². The Morgan fingerprint density at radius 2 is 2.07 bits per heavy atom. The van der Waals surface area contributed by atoms with Gasteiger partial charge in [-0.3, -0.25) is 9.69 Å². The fourth-order valence-corrected chi connectivity index (χ4v) is 5.00. The van der Waals surface area contributed by atoms with Crippen LogP contribution in [0.15, 0.2) is 41.1 Å². The number of aryl methyl sites for hydroxylation is 1. The average Bonchev–Trinajstić information content (AvgIpc) is 3.36. The molecule has 1 aliphatic carbocycles. The van der Waals surface area contributed by atoms with Crippen LogP contribution in [-0.4, -0.2) is 89.8 Å². The number of fused-ring (bicyclic) bond motifs is 1. The molecule has 3 heterocycles. The van der Waals surface area contributed by atoms with Crippen LogP contribution in [0.2, 0.25) is 0 Å². The first-order valence-corrected chi connectivity index (χ1v) is 14.7. The molecule has 0 bridgehead atoms. The third-order valence-corrected chi connectivity index (χ3v) is 7.76. The van der Waals surface area contributed by atoms with Crippen LogP contribution in [0.5, 0.6) is 11.6 Å². The molecule has 1 aliphatic heterocycles. The zero-order valence-corrected chi connectivity index (χ0v) is 24.8. The van der Waals surface area contributed by atoms with Crippen LogP contribution in [0, 0.1) is 6.92 Å². The zero-order chi connectivity index (χ0) is 29.5. The number of carbonyl (C=O) groups excluding carboxylic acids is 1. The second kappa shape index (κ2) is 14.0. The van der Waals surface area contributed by atoms with E-state index < -0.39 is 6.10 Å². The van der Waals surface area contributed by atoms with Gasteiger partial charge in [0.1, 0.15) is 24.8 Å². The molecule has 5 rings (SSSR count). The highest BCUT2D eigenvalue weighted by atomic mass is 16.5. The Morgan fingerprint density at radius 3 is 2.81 bits per heavy atom. The summed E-state index contributed by atoms with van der Waals surface area (Å²) < 4.78 is 17.1. The molecule has 3 N–H and O–H groups in total. The molecule has 2 aromatic heterocycles. The lowest BCUT2D eigenvalue weighted by Gasteiger charge is -2.30. The molecule has 0 spiro atoms. The molecule has 226 valence electrons. The Balaban J connectivity index is 1.11. The predicted molar refractivity (Wildman–Crippen MR) is 159 cm³/mol. The topological polar surface area (TPSA) is 125 Å². The van der Waals surface area contributed by atoms with Gasteiger partial charge >= 0.3 is 0 Å². The fourth-order valence-electron chi connectivity index (χ4n) is 5.00. The summed E-state index contributed by atoms with van der Waals surface area (Å²) >= 11 is 0. The number of benzene rings is 1.